The van der Waals surface area contributed by atoms with E-state index in [0.29, 0.717) is 11.3 Å². The maximum absolute atomic E-state index is 13.7. The fourth-order valence-electron chi connectivity index (χ4n) is 1.44. The van der Waals surface area contributed by atoms with Gasteiger partial charge >= 0.3 is 0 Å². The molecule has 2 aromatic rings. The van der Waals surface area contributed by atoms with E-state index in [1.807, 2.05) is 0 Å². The molecule has 4 heteroatoms. The molecule has 0 saturated heterocycles. The average molecular weight is 283 g/mol. The molecule has 0 amide bonds. The second-order valence-corrected chi connectivity index (χ2v) is 4.18. The van der Waals surface area contributed by atoms with Crippen molar-refractivity contribution in [2.24, 2.45) is 0 Å². The zero-order valence-electron chi connectivity index (χ0n) is 8.46. The quantitative estimate of drug-likeness (QED) is 0.786. The molecule has 0 saturated carbocycles. The average Bonchev–Trinajstić information content (AvgIpc) is 2.68. The number of furan rings is 1. The number of hydrogen-bond acceptors (Lipinski definition) is 2. The smallest absolute Gasteiger partial charge is 0.199 e. The van der Waals surface area contributed by atoms with Crippen molar-refractivity contribution in [2.45, 2.75) is 6.92 Å². The van der Waals surface area contributed by atoms with Crippen LogP contribution in [0.2, 0.25) is 0 Å². The molecule has 0 atom stereocenters. The van der Waals surface area contributed by atoms with Gasteiger partial charge in [0.25, 0.3) is 0 Å². The summed E-state index contributed by atoms with van der Waals surface area (Å²) in [6, 6.07) is 6.16. The fourth-order valence-corrected chi connectivity index (χ4v) is 1.81. The Hall–Kier alpha value is -1.42. The molecule has 0 bridgehead atoms. The van der Waals surface area contributed by atoms with Crippen LogP contribution >= 0.6 is 15.9 Å². The first-order valence-electron chi connectivity index (χ1n) is 4.64. The van der Waals surface area contributed by atoms with Gasteiger partial charge in [0.1, 0.15) is 11.6 Å². The van der Waals surface area contributed by atoms with Crippen LogP contribution in [0.3, 0.4) is 0 Å². The maximum Gasteiger partial charge on any atom is 0.199 e. The third-order valence-electron chi connectivity index (χ3n) is 2.30. The molecule has 0 radical (unpaired) electrons. The predicted molar refractivity (Wildman–Crippen MR) is 61.0 cm³/mol. The van der Waals surface area contributed by atoms with E-state index in [-0.39, 0.29) is 15.8 Å². The van der Waals surface area contributed by atoms with Crippen LogP contribution in [0.15, 0.2) is 39.4 Å². The lowest BCUT2D eigenvalue weighted by atomic mass is 10.0. The van der Waals surface area contributed by atoms with Crippen LogP contribution in [-0.4, -0.2) is 5.78 Å². The van der Waals surface area contributed by atoms with E-state index in [2.05, 4.69) is 15.9 Å². The summed E-state index contributed by atoms with van der Waals surface area (Å²) in [7, 11) is 0. The van der Waals surface area contributed by atoms with Gasteiger partial charge in [0.15, 0.2) is 5.78 Å². The standard InChI is InChI=1S/C12H8BrFO2/c1-7-8(5-6-16-7)12(15)9-3-2-4-10(13)11(9)14/h2-6H,1H3. The maximum atomic E-state index is 13.7. The molecule has 82 valence electrons. The molecule has 2 rings (SSSR count). The summed E-state index contributed by atoms with van der Waals surface area (Å²) < 4.78 is 19.0. The lowest BCUT2D eigenvalue weighted by Gasteiger charge is -2.02. The molecule has 0 fully saturated rings. The van der Waals surface area contributed by atoms with E-state index >= 15 is 0 Å². The predicted octanol–water partition coefficient (Wildman–Crippen LogP) is 3.72. The number of ketones is 1. The third-order valence-corrected chi connectivity index (χ3v) is 2.91. The van der Waals surface area contributed by atoms with E-state index in [0.717, 1.165) is 0 Å². The highest BCUT2D eigenvalue weighted by Gasteiger charge is 2.18. The SMILES string of the molecule is Cc1occc1C(=O)c1cccc(Br)c1F. The van der Waals surface area contributed by atoms with Crippen molar-refractivity contribution >= 4 is 21.7 Å². The van der Waals surface area contributed by atoms with Crippen LogP contribution in [0, 0.1) is 12.7 Å². The number of hydrogen-bond donors (Lipinski definition) is 0. The number of halogens is 2. The lowest BCUT2D eigenvalue weighted by molar-refractivity contribution is 0.103. The first kappa shape index (κ1) is 11.1. The first-order chi connectivity index (χ1) is 7.61. The summed E-state index contributed by atoms with van der Waals surface area (Å²) in [4.78, 5) is 12.0. The van der Waals surface area contributed by atoms with Gasteiger partial charge < -0.3 is 4.42 Å². The summed E-state index contributed by atoms with van der Waals surface area (Å²) >= 11 is 3.05. The minimum Gasteiger partial charge on any atom is -0.469 e. The van der Waals surface area contributed by atoms with Crippen LogP contribution in [0.5, 0.6) is 0 Å². The third kappa shape index (κ3) is 1.80. The summed E-state index contributed by atoms with van der Waals surface area (Å²) in [6.45, 7) is 1.67. The Morgan fingerprint density at radius 1 is 1.31 bits per heavy atom. The van der Waals surface area contributed by atoms with Crippen molar-refractivity contribution in [1.82, 2.24) is 0 Å². The van der Waals surface area contributed by atoms with Crippen LogP contribution in [0.4, 0.5) is 4.39 Å². The Bertz CT molecular complexity index is 546. The molecule has 0 aliphatic rings. The van der Waals surface area contributed by atoms with Gasteiger partial charge in [-0.25, -0.2) is 4.39 Å². The van der Waals surface area contributed by atoms with Gasteiger partial charge in [-0.1, -0.05) is 6.07 Å². The largest absolute Gasteiger partial charge is 0.469 e. The molecule has 0 aliphatic carbocycles. The molecular weight excluding hydrogens is 275 g/mol. The zero-order valence-corrected chi connectivity index (χ0v) is 10.0. The van der Waals surface area contributed by atoms with E-state index in [9.17, 15) is 9.18 Å². The summed E-state index contributed by atoms with van der Waals surface area (Å²) in [6.07, 6.45) is 1.42. The molecule has 16 heavy (non-hydrogen) atoms. The Labute approximate surface area is 100 Å². The second-order valence-electron chi connectivity index (χ2n) is 3.32. The summed E-state index contributed by atoms with van der Waals surface area (Å²) in [5.41, 5.74) is 0.427. The van der Waals surface area contributed by atoms with Gasteiger partial charge in [-0.2, -0.15) is 0 Å². The topological polar surface area (TPSA) is 30.2 Å². The van der Waals surface area contributed by atoms with Gasteiger partial charge in [-0.15, -0.1) is 0 Å². The monoisotopic (exact) mass is 282 g/mol. The van der Waals surface area contributed by atoms with Crippen LogP contribution in [0.1, 0.15) is 21.7 Å². The Kier molecular flexibility index (Phi) is 2.92. The minimum absolute atomic E-state index is 0.0406. The van der Waals surface area contributed by atoms with Gasteiger partial charge in [-0.3, -0.25) is 4.79 Å². The highest BCUT2D eigenvalue weighted by molar-refractivity contribution is 9.10. The summed E-state index contributed by atoms with van der Waals surface area (Å²) in [5, 5.41) is 0. The van der Waals surface area contributed by atoms with Crippen LogP contribution in [-0.2, 0) is 0 Å². The highest BCUT2D eigenvalue weighted by atomic mass is 79.9. The summed E-state index contributed by atoms with van der Waals surface area (Å²) in [5.74, 6) is -0.428. The number of carbonyl (C=O) groups is 1. The Balaban J connectivity index is 2.50. The molecule has 2 nitrogen and oxygen atoms in total. The zero-order chi connectivity index (χ0) is 11.7. The van der Waals surface area contributed by atoms with E-state index in [1.165, 1.54) is 18.4 Å². The molecular formula is C12H8BrFO2. The first-order valence-corrected chi connectivity index (χ1v) is 5.43. The van der Waals surface area contributed by atoms with Crippen molar-refractivity contribution in [3.8, 4) is 0 Å². The molecule has 0 unspecified atom stereocenters. The number of aryl methyl sites for hydroxylation is 1. The fraction of sp³-hybridized carbons (Fsp3) is 0.0833. The number of benzene rings is 1. The highest BCUT2D eigenvalue weighted by Crippen LogP contribution is 2.22. The Morgan fingerprint density at radius 2 is 2.06 bits per heavy atom. The molecule has 0 aliphatic heterocycles. The molecule has 1 aromatic carbocycles. The second kappa shape index (κ2) is 4.22. The number of carbonyl (C=O) groups excluding carboxylic acids is 1. The molecule has 0 spiro atoms. The van der Waals surface area contributed by atoms with Crippen molar-refractivity contribution in [3.63, 3.8) is 0 Å². The lowest BCUT2D eigenvalue weighted by Crippen LogP contribution is -2.04. The molecule has 1 aromatic heterocycles. The van der Waals surface area contributed by atoms with Crippen LogP contribution in [0.25, 0.3) is 0 Å². The van der Waals surface area contributed by atoms with E-state index < -0.39 is 5.82 Å². The van der Waals surface area contributed by atoms with Crippen LogP contribution < -0.4 is 0 Å². The Morgan fingerprint density at radius 3 is 2.69 bits per heavy atom. The van der Waals surface area contributed by atoms with Gasteiger partial charge in [0.05, 0.1) is 21.9 Å². The normalized spacial score (nSPS) is 10.4. The minimum atomic E-state index is -0.548. The van der Waals surface area contributed by atoms with Crippen molar-refractivity contribution in [1.29, 1.82) is 0 Å². The number of rotatable bonds is 2. The van der Waals surface area contributed by atoms with Crippen molar-refractivity contribution in [3.05, 3.63) is 57.7 Å². The van der Waals surface area contributed by atoms with E-state index in [1.54, 1.807) is 19.1 Å². The van der Waals surface area contributed by atoms with Crippen molar-refractivity contribution < 1.29 is 13.6 Å². The van der Waals surface area contributed by atoms with Gasteiger partial charge in [-0.05, 0) is 41.1 Å². The van der Waals surface area contributed by atoms with Crippen molar-refractivity contribution in [2.75, 3.05) is 0 Å². The van der Waals surface area contributed by atoms with Gasteiger partial charge in [0, 0.05) is 0 Å². The van der Waals surface area contributed by atoms with E-state index in [4.69, 9.17) is 4.42 Å². The molecule has 0 N–H and O–H groups in total. The van der Waals surface area contributed by atoms with Gasteiger partial charge in [0.2, 0.25) is 0 Å². The molecule has 1 heterocycles.